The van der Waals surface area contributed by atoms with Crippen molar-refractivity contribution in [2.75, 3.05) is 6.54 Å². The van der Waals surface area contributed by atoms with Crippen molar-refractivity contribution in [2.24, 2.45) is 0 Å². The fourth-order valence-electron chi connectivity index (χ4n) is 2.43. The van der Waals surface area contributed by atoms with Crippen LogP contribution in [0.1, 0.15) is 43.9 Å². The summed E-state index contributed by atoms with van der Waals surface area (Å²) in [4.78, 5) is 0. The number of benzene rings is 1. The monoisotopic (exact) mass is 347 g/mol. The average Bonchev–Trinajstić information content (AvgIpc) is 2.35. The molecule has 1 nitrogen and oxygen atoms in total. The van der Waals surface area contributed by atoms with E-state index in [0.29, 0.717) is 11.3 Å². The minimum absolute atomic E-state index is 0.429. The Labute approximate surface area is 127 Å². The number of rotatable bonds is 4. The van der Waals surface area contributed by atoms with Crippen molar-refractivity contribution >= 4 is 39.3 Å². The SMILES string of the molecule is CCCNC1c2cc(Br)cc(Cl)c2CSC1CC. The molecule has 2 rings (SSSR count). The van der Waals surface area contributed by atoms with Crippen LogP contribution in [-0.4, -0.2) is 11.8 Å². The first kappa shape index (κ1) is 14.7. The molecular weight excluding hydrogens is 330 g/mol. The van der Waals surface area contributed by atoms with Crippen LogP contribution in [0.4, 0.5) is 0 Å². The summed E-state index contributed by atoms with van der Waals surface area (Å²) in [7, 11) is 0. The van der Waals surface area contributed by atoms with E-state index in [2.05, 4.69) is 41.2 Å². The number of hydrogen-bond acceptors (Lipinski definition) is 2. The fraction of sp³-hybridized carbons (Fsp3) is 0.571. The molecule has 1 aromatic rings. The first-order valence-electron chi connectivity index (χ1n) is 6.50. The van der Waals surface area contributed by atoms with Crippen LogP contribution in [0.5, 0.6) is 0 Å². The van der Waals surface area contributed by atoms with Crippen molar-refractivity contribution < 1.29 is 0 Å². The zero-order valence-corrected chi connectivity index (χ0v) is 14.0. The van der Waals surface area contributed by atoms with Crippen LogP contribution < -0.4 is 5.32 Å². The lowest BCUT2D eigenvalue weighted by Crippen LogP contribution is -2.33. The van der Waals surface area contributed by atoms with E-state index in [1.165, 1.54) is 17.5 Å². The van der Waals surface area contributed by atoms with Crippen molar-refractivity contribution in [3.05, 3.63) is 32.8 Å². The van der Waals surface area contributed by atoms with Gasteiger partial charge in [0.15, 0.2) is 0 Å². The van der Waals surface area contributed by atoms with Gasteiger partial charge >= 0.3 is 0 Å². The molecule has 0 aromatic heterocycles. The molecule has 4 heteroatoms. The van der Waals surface area contributed by atoms with Gasteiger partial charge in [-0.05, 0) is 42.6 Å². The van der Waals surface area contributed by atoms with E-state index in [1.807, 2.05) is 17.8 Å². The van der Waals surface area contributed by atoms with Crippen LogP contribution in [0.15, 0.2) is 16.6 Å². The van der Waals surface area contributed by atoms with Gasteiger partial charge in [-0.1, -0.05) is 41.4 Å². The lowest BCUT2D eigenvalue weighted by atomic mass is 9.96. The van der Waals surface area contributed by atoms with Crippen LogP contribution >= 0.6 is 39.3 Å². The smallest absolute Gasteiger partial charge is 0.0460 e. The van der Waals surface area contributed by atoms with Crippen LogP contribution in [-0.2, 0) is 5.75 Å². The maximum atomic E-state index is 6.37. The molecule has 0 amide bonds. The standard InChI is InChI=1S/C14H19BrClNS/c1-3-5-17-14-10-6-9(15)7-12(16)11(10)8-18-13(14)4-2/h6-7,13-14,17H,3-5,8H2,1-2H3. The molecule has 100 valence electrons. The second kappa shape index (κ2) is 6.65. The highest BCUT2D eigenvalue weighted by Gasteiger charge is 2.29. The summed E-state index contributed by atoms with van der Waals surface area (Å²) in [5, 5.41) is 5.22. The molecule has 18 heavy (non-hydrogen) atoms. The summed E-state index contributed by atoms with van der Waals surface area (Å²) in [6.45, 7) is 5.53. The first-order chi connectivity index (χ1) is 8.67. The molecule has 0 saturated carbocycles. The maximum absolute atomic E-state index is 6.37. The number of fused-ring (bicyclic) bond motifs is 1. The van der Waals surface area contributed by atoms with Crippen molar-refractivity contribution in [3.63, 3.8) is 0 Å². The van der Waals surface area contributed by atoms with Gasteiger partial charge in [0, 0.05) is 26.5 Å². The van der Waals surface area contributed by atoms with Crippen LogP contribution in [0.25, 0.3) is 0 Å². The summed E-state index contributed by atoms with van der Waals surface area (Å²) in [6, 6.07) is 4.67. The molecular formula is C14H19BrClNS. The molecule has 0 spiro atoms. The van der Waals surface area contributed by atoms with Gasteiger partial charge in [0.05, 0.1) is 0 Å². The topological polar surface area (TPSA) is 12.0 Å². The van der Waals surface area contributed by atoms with Gasteiger partial charge < -0.3 is 5.32 Å². The van der Waals surface area contributed by atoms with Gasteiger partial charge in [-0.15, -0.1) is 0 Å². The number of thioether (sulfide) groups is 1. The Hall–Kier alpha value is 0.300. The third kappa shape index (κ3) is 3.06. The zero-order valence-electron chi connectivity index (χ0n) is 10.8. The predicted octanol–water partition coefficient (Wildman–Crippen LogP) is 5.17. The largest absolute Gasteiger partial charge is 0.309 e. The third-order valence-corrected chi connectivity index (χ3v) is 5.64. The highest BCUT2D eigenvalue weighted by atomic mass is 79.9. The molecule has 1 N–H and O–H groups in total. The van der Waals surface area contributed by atoms with E-state index in [0.717, 1.165) is 28.2 Å². The van der Waals surface area contributed by atoms with Gasteiger partial charge in [-0.2, -0.15) is 11.8 Å². The van der Waals surface area contributed by atoms with Crippen LogP contribution in [0.3, 0.4) is 0 Å². The molecule has 2 atom stereocenters. The zero-order chi connectivity index (χ0) is 13.1. The average molecular weight is 349 g/mol. The molecule has 0 bridgehead atoms. The Bertz CT molecular complexity index is 425. The van der Waals surface area contributed by atoms with E-state index < -0.39 is 0 Å². The van der Waals surface area contributed by atoms with Crippen LogP contribution in [0, 0.1) is 0 Å². The third-order valence-electron chi connectivity index (χ3n) is 3.36. The minimum atomic E-state index is 0.429. The summed E-state index contributed by atoms with van der Waals surface area (Å²) in [5.74, 6) is 1.03. The Balaban J connectivity index is 2.36. The summed E-state index contributed by atoms with van der Waals surface area (Å²) in [6.07, 6.45) is 2.35. The van der Waals surface area contributed by atoms with E-state index in [-0.39, 0.29) is 0 Å². The predicted molar refractivity (Wildman–Crippen MR) is 85.6 cm³/mol. The van der Waals surface area contributed by atoms with Gasteiger partial charge in [0.2, 0.25) is 0 Å². The number of hydrogen-bond donors (Lipinski definition) is 1. The molecule has 1 heterocycles. The van der Waals surface area contributed by atoms with E-state index in [1.54, 1.807) is 0 Å². The Morgan fingerprint density at radius 2 is 2.22 bits per heavy atom. The van der Waals surface area contributed by atoms with E-state index in [9.17, 15) is 0 Å². The fourth-order valence-corrected chi connectivity index (χ4v) is 4.79. The highest BCUT2D eigenvalue weighted by molar-refractivity contribution is 9.10. The molecule has 0 radical (unpaired) electrons. The summed E-state index contributed by atoms with van der Waals surface area (Å²) in [5.41, 5.74) is 2.69. The van der Waals surface area contributed by atoms with Gasteiger partial charge in [0.1, 0.15) is 0 Å². The Kier molecular flexibility index (Phi) is 5.43. The van der Waals surface area contributed by atoms with Crippen molar-refractivity contribution in [1.82, 2.24) is 5.32 Å². The van der Waals surface area contributed by atoms with E-state index >= 15 is 0 Å². The molecule has 1 aromatic carbocycles. The maximum Gasteiger partial charge on any atom is 0.0460 e. The van der Waals surface area contributed by atoms with Crippen LogP contribution in [0.2, 0.25) is 5.02 Å². The summed E-state index contributed by atoms with van der Waals surface area (Å²) < 4.78 is 1.08. The molecule has 1 aliphatic rings. The molecule has 1 aliphatic heterocycles. The van der Waals surface area contributed by atoms with E-state index in [4.69, 9.17) is 11.6 Å². The molecule has 2 unspecified atom stereocenters. The first-order valence-corrected chi connectivity index (χ1v) is 8.72. The Morgan fingerprint density at radius 1 is 1.44 bits per heavy atom. The second-order valence-corrected chi connectivity index (χ2v) is 7.20. The van der Waals surface area contributed by atoms with Gasteiger partial charge in [0.25, 0.3) is 0 Å². The summed E-state index contributed by atoms with van der Waals surface area (Å²) >= 11 is 11.9. The van der Waals surface area contributed by atoms with Gasteiger partial charge in [-0.3, -0.25) is 0 Å². The highest BCUT2D eigenvalue weighted by Crippen LogP contribution is 2.43. The minimum Gasteiger partial charge on any atom is -0.309 e. The van der Waals surface area contributed by atoms with Crippen molar-refractivity contribution in [2.45, 2.75) is 43.7 Å². The lowest BCUT2D eigenvalue weighted by Gasteiger charge is -2.34. The molecule has 0 aliphatic carbocycles. The van der Waals surface area contributed by atoms with Gasteiger partial charge in [-0.25, -0.2) is 0 Å². The second-order valence-electron chi connectivity index (χ2n) is 4.64. The number of halogens is 2. The normalized spacial score (nSPS) is 22.9. The molecule has 0 fully saturated rings. The number of nitrogens with one attached hydrogen (secondary N) is 1. The molecule has 0 saturated heterocycles. The van der Waals surface area contributed by atoms with Crippen molar-refractivity contribution in [1.29, 1.82) is 0 Å². The quantitative estimate of drug-likeness (QED) is 0.805. The lowest BCUT2D eigenvalue weighted by molar-refractivity contribution is 0.498. The van der Waals surface area contributed by atoms with Crippen molar-refractivity contribution in [3.8, 4) is 0 Å². The Morgan fingerprint density at radius 3 is 2.89 bits per heavy atom.